The molecule has 0 bridgehead atoms. The fourth-order valence-electron chi connectivity index (χ4n) is 2.90. The molecule has 0 aromatic carbocycles. The normalized spacial score (nSPS) is 27.9. The van der Waals surface area contributed by atoms with Crippen molar-refractivity contribution in [1.82, 2.24) is 0 Å². The number of hydrogen-bond acceptors (Lipinski definition) is 3. The topological polar surface area (TPSA) is 83.8 Å². The molecule has 0 saturated heterocycles. The van der Waals surface area contributed by atoms with Gasteiger partial charge >= 0.3 is 11.9 Å². The molecular weight excluding hydrogens is 236 g/mol. The number of rotatable bonds is 7. The summed E-state index contributed by atoms with van der Waals surface area (Å²) in [7, 11) is 0. The molecule has 0 radical (unpaired) electrons. The molecule has 5 nitrogen and oxygen atoms in total. The van der Waals surface area contributed by atoms with Crippen LogP contribution in [-0.4, -0.2) is 35.4 Å². The Morgan fingerprint density at radius 3 is 2.61 bits per heavy atom. The van der Waals surface area contributed by atoms with E-state index < -0.39 is 23.3 Å². The van der Waals surface area contributed by atoms with Gasteiger partial charge in [-0.05, 0) is 32.6 Å². The van der Waals surface area contributed by atoms with E-state index in [2.05, 4.69) is 0 Å². The van der Waals surface area contributed by atoms with Gasteiger partial charge < -0.3 is 14.9 Å². The predicted octanol–water partition coefficient (Wildman–Crippen LogP) is 2.15. The zero-order chi connectivity index (χ0) is 13.6. The highest BCUT2D eigenvalue weighted by Gasteiger charge is 2.50. The van der Waals surface area contributed by atoms with Crippen molar-refractivity contribution < 1.29 is 24.5 Å². The largest absolute Gasteiger partial charge is 0.481 e. The number of carbonyl (C=O) groups is 2. The number of carboxylic acid groups (broad SMARTS) is 2. The molecule has 1 fully saturated rings. The zero-order valence-corrected chi connectivity index (χ0v) is 10.9. The van der Waals surface area contributed by atoms with Crippen molar-refractivity contribution in [2.45, 2.75) is 45.4 Å². The zero-order valence-electron chi connectivity index (χ0n) is 10.9. The molecule has 0 amide bonds. The van der Waals surface area contributed by atoms with Gasteiger partial charge in [-0.2, -0.15) is 0 Å². The molecule has 1 saturated carbocycles. The van der Waals surface area contributed by atoms with Crippen molar-refractivity contribution in [2.24, 2.45) is 11.3 Å². The molecule has 2 atom stereocenters. The van der Waals surface area contributed by atoms with Crippen LogP contribution >= 0.6 is 0 Å². The van der Waals surface area contributed by atoms with Gasteiger partial charge in [-0.15, -0.1) is 0 Å². The molecule has 1 aliphatic carbocycles. The summed E-state index contributed by atoms with van der Waals surface area (Å²) in [6.45, 7) is 2.98. The van der Waals surface area contributed by atoms with Crippen LogP contribution in [0.5, 0.6) is 0 Å². The number of hydrogen-bond donors (Lipinski definition) is 2. The predicted molar refractivity (Wildman–Crippen MR) is 65.4 cm³/mol. The maximum absolute atomic E-state index is 11.6. The quantitative estimate of drug-likeness (QED) is 0.683. The lowest BCUT2D eigenvalue weighted by molar-refractivity contribution is -0.167. The number of carboxylic acids is 2. The SMILES string of the molecule is CCOCCCC1(C(=O)O)CCCCC1C(=O)O. The lowest BCUT2D eigenvalue weighted by Gasteiger charge is -2.38. The summed E-state index contributed by atoms with van der Waals surface area (Å²) in [5, 5.41) is 18.7. The fraction of sp³-hybridized carbons (Fsp3) is 0.846. The third kappa shape index (κ3) is 3.22. The van der Waals surface area contributed by atoms with Crippen LogP contribution in [-0.2, 0) is 14.3 Å². The van der Waals surface area contributed by atoms with Crippen LogP contribution < -0.4 is 0 Å². The van der Waals surface area contributed by atoms with Gasteiger partial charge in [-0.3, -0.25) is 9.59 Å². The minimum Gasteiger partial charge on any atom is -0.481 e. The van der Waals surface area contributed by atoms with E-state index in [4.69, 9.17) is 4.74 Å². The second-order valence-electron chi connectivity index (χ2n) is 4.90. The van der Waals surface area contributed by atoms with Crippen LogP contribution in [0.3, 0.4) is 0 Å². The summed E-state index contributed by atoms with van der Waals surface area (Å²) in [5.41, 5.74) is -1.10. The summed E-state index contributed by atoms with van der Waals surface area (Å²) in [5.74, 6) is -2.70. The Morgan fingerprint density at radius 1 is 1.33 bits per heavy atom. The van der Waals surface area contributed by atoms with Crippen LogP contribution in [0.1, 0.15) is 45.4 Å². The third-order valence-electron chi connectivity index (χ3n) is 3.87. The molecule has 0 aromatic heterocycles. The minimum absolute atomic E-state index is 0.388. The maximum Gasteiger partial charge on any atom is 0.310 e. The van der Waals surface area contributed by atoms with Crippen molar-refractivity contribution in [1.29, 1.82) is 0 Å². The van der Waals surface area contributed by atoms with Crippen molar-refractivity contribution in [3.05, 3.63) is 0 Å². The van der Waals surface area contributed by atoms with Crippen molar-refractivity contribution in [3.8, 4) is 0 Å². The first-order valence-electron chi connectivity index (χ1n) is 6.58. The molecule has 1 aliphatic rings. The Bertz CT molecular complexity index is 302. The highest BCUT2D eigenvalue weighted by atomic mass is 16.5. The Labute approximate surface area is 107 Å². The first-order valence-corrected chi connectivity index (χ1v) is 6.58. The summed E-state index contributed by atoms with van der Waals surface area (Å²) in [6, 6.07) is 0. The van der Waals surface area contributed by atoms with Gasteiger partial charge in [0.05, 0.1) is 11.3 Å². The fourth-order valence-corrected chi connectivity index (χ4v) is 2.90. The molecule has 18 heavy (non-hydrogen) atoms. The Kier molecular flexibility index (Phi) is 5.59. The maximum atomic E-state index is 11.6. The van der Waals surface area contributed by atoms with Gasteiger partial charge in [-0.25, -0.2) is 0 Å². The van der Waals surface area contributed by atoms with E-state index in [1.165, 1.54) is 0 Å². The molecule has 2 unspecified atom stereocenters. The highest BCUT2D eigenvalue weighted by Crippen LogP contribution is 2.45. The summed E-state index contributed by atoms with van der Waals surface area (Å²) < 4.78 is 5.20. The van der Waals surface area contributed by atoms with Gasteiger partial charge in [0, 0.05) is 13.2 Å². The molecule has 1 rings (SSSR count). The van der Waals surface area contributed by atoms with E-state index in [9.17, 15) is 19.8 Å². The first kappa shape index (κ1) is 15.0. The molecular formula is C13H22O5. The van der Waals surface area contributed by atoms with Gasteiger partial charge in [0.15, 0.2) is 0 Å². The van der Waals surface area contributed by atoms with Gasteiger partial charge in [0.1, 0.15) is 0 Å². The Balaban J connectivity index is 2.75. The van der Waals surface area contributed by atoms with Crippen LogP contribution in [0.2, 0.25) is 0 Å². The van der Waals surface area contributed by atoms with Gasteiger partial charge in [-0.1, -0.05) is 12.8 Å². The van der Waals surface area contributed by atoms with E-state index in [1.807, 2.05) is 6.92 Å². The molecule has 0 aliphatic heterocycles. The standard InChI is InChI=1S/C13H22O5/c1-2-18-9-5-8-13(12(16)17)7-4-3-6-10(13)11(14)15/h10H,2-9H2,1H3,(H,14,15)(H,16,17). The molecule has 2 N–H and O–H groups in total. The third-order valence-corrected chi connectivity index (χ3v) is 3.87. The van der Waals surface area contributed by atoms with E-state index in [0.29, 0.717) is 38.9 Å². The summed E-state index contributed by atoms with van der Waals surface area (Å²) in [4.78, 5) is 22.8. The number of ether oxygens (including phenoxy) is 1. The monoisotopic (exact) mass is 258 g/mol. The van der Waals surface area contributed by atoms with E-state index >= 15 is 0 Å². The van der Waals surface area contributed by atoms with Crippen molar-refractivity contribution in [3.63, 3.8) is 0 Å². The summed E-state index contributed by atoms with van der Waals surface area (Å²) in [6.07, 6.45) is 3.52. The van der Waals surface area contributed by atoms with Crippen molar-refractivity contribution in [2.75, 3.05) is 13.2 Å². The average Bonchev–Trinajstić information content (AvgIpc) is 2.34. The van der Waals surface area contributed by atoms with Gasteiger partial charge in [0.25, 0.3) is 0 Å². The van der Waals surface area contributed by atoms with E-state index in [1.54, 1.807) is 0 Å². The lowest BCUT2D eigenvalue weighted by Crippen LogP contribution is -2.45. The molecule has 0 spiro atoms. The van der Waals surface area contributed by atoms with Crippen LogP contribution in [0.4, 0.5) is 0 Å². The smallest absolute Gasteiger partial charge is 0.310 e. The van der Waals surface area contributed by atoms with Gasteiger partial charge in [0.2, 0.25) is 0 Å². The average molecular weight is 258 g/mol. The first-order chi connectivity index (χ1) is 8.54. The highest BCUT2D eigenvalue weighted by molar-refractivity contribution is 5.83. The second kappa shape index (κ2) is 6.73. The molecule has 5 heteroatoms. The van der Waals surface area contributed by atoms with Crippen molar-refractivity contribution >= 4 is 11.9 Å². The Hall–Kier alpha value is -1.10. The lowest BCUT2D eigenvalue weighted by atomic mass is 9.64. The second-order valence-corrected chi connectivity index (χ2v) is 4.90. The molecule has 0 aromatic rings. The molecule has 0 heterocycles. The number of aliphatic carboxylic acids is 2. The summed E-state index contributed by atoms with van der Waals surface area (Å²) >= 11 is 0. The van der Waals surface area contributed by atoms with Crippen LogP contribution in [0.15, 0.2) is 0 Å². The Morgan fingerprint density at radius 2 is 2.06 bits per heavy atom. The van der Waals surface area contributed by atoms with Crippen LogP contribution in [0, 0.1) is 11.3 Å². The minimum atomic E-state index is -1.10. The van der Waals surface area contributed by atoms with E-state index in [-0.39, 0.29) is 0 Å². The molecule has 104 valence electrons. The van der Waals surface area contributed by atoms with E-state index in [0.717, 1.165) is 12.8 Å². The van der Waals surface area contributed by atoms with Crippen LogP contribution in [0.25, 0.3) is 0 Å².